The summed E-state index contributed by atoms with van der Waals surface area (Å²) in [6.45, 7) is 4.32. The number of nitriles is 1. The van der Waals surface area contributed by atoms with Gasteiger partial charge in [0.05, 0.1) is 23.1 Å². The van der Waals surface area contributed by atoms with Crippen LogP contribution in [-0.2, 0) is 15.1 Å². The Morgan fingerprint density at radius 1 is 1.34 bits per heavy atom. The van der Waals surface area contributed by atoms with Crippen molar-refractivity contribution in [3.05, 3.63) is 46.2 Å². The molecule has 4 rings (SSSR count). The number of nitrogens with zero attached hydrogens (tertiary/aromatic N) is 2. The summed E-state index contributed by atoms with van der Waals surface area (Å²) in [4.78, 5) is 15.7. The van der Waals surface area contributed by atoms with E-state index in [1.54, 1.807) is 24.5 Å². The lowest BCUT2D eigenvalue weighted by atomic mass is 9.79. The van der Waals surface area contributed by atoms with Crippen molar-refractivity contribution in [3.63, 3.8) is 0 Å². The van der Waals surface area contributed by atoms with Gasteiger partial charge in [0.25, 0.3) is 0 Å². The summed E-state index contributed by atoms with van der Waals surface area (Å²) >= 11 is 1.58. The molecule has 32 heavy (non-hydrogen) atoms. The minimum absolute atomic E-state index is 0.0357. The Morgan fingerprint density at radius 3 is 2.88 bits per heavy atom. The first-order chi connectivity index (χ1) is 15.4. The van der Waals surface area contributed by atoms with Crippen LogP contribution in [0.15, 0.2) is 35.7 Å². The Morgan fingerprint density at radius 2 is 2.12 bits per heavy atom. The lowest BCUT2D eigenvalue weighted by molar-refractivity contribution is -0.135. The number of ether oxygens (including phenoxy) is 1. The molecule has 0 aliphatic carbocycles. The molecule has 2 atom stereocenters. The van der Waals surface area contributed by atoms with E-state index in [9.17, 15) is 10.1 Å². The normalized spacial score (nSPS) is 24.3. The largest absolute Gasteiger partial charge is 0.381 e. The van der Waals surface area contributed by atoms with Gasteiger partial charge in [-0.1, -0.05) is 12.1 Å². The average Bonchev–Trinajstić information content (AvgIpc) is 3.32. The molecule has 1 unspecified atom stereocenters. The number of benzene rings is 1. The highest BCUT2D eigenvalue weighted by Crippen LogP contribution is 2.41. The minimum atomic E-state index is -0.673. The topological polar surface area (TPSA) is 101 Å². The minimum Gasteiger partial charge on any atom is -0.381 e. The first-order valence-corrected chi connectivity index (χ1v) is 11.9. The summed E-state index contributed by atoms with van der Waals surface area (Å²) in [6.07, 6.45) is 2.66. The number of nitrogens with one attached hydrogen (secondary N) is 3. The van der Waals surface area contributed by atoms with Gasteiger partial charge in [0.15, 0.2) is 5.96 Å². The van der Waals surface area contributed by atoms with E-state index in [-0.39, 0.29) is 17.8 Å². The van der Waals surface area contributed by atoms with E-state index in [1.807, 2.05) is 25.1 Å². The fraction of sp³-hybridized carbons (Fsp3) is 0.458. The number of hydrogen-bond acceptors (Lipinski definition) is 6. The van der Waals surface area contributed by atoms with Crippen molar-refractivity contribution in [1.29, 1.82) is 10.7 Å². The molecule has 0 bridgehead atoms. The Labute approximate surface area is 192 Å². The number of rotatable bonds is 6. The van der Waals surface area contributed by atoms with Crippen molar-refractivity contribution in [2.24, 2.45) is 5.92 Å². The molecule has 3 N–H and O–H groups in total. The highest BCUT2D eigenvalue weighted by Gasteiger charge is 2.47. The zero-order chi connectivity index (χ0) is 22.7. The van der Waals surface area contributed by atoms with Crippen LogP contribution in [0.4, 0.5) is 0 Å². The van der Waals surface area contributed by atoms with Crippen molar-refractivity contribution in [2.75, 3.05) is 26.8 Å². The summed E-state index contributed by atoms with van der Waals surface area (Å²) in [6, 6.07) is 12.2. The molecular formula is C24H29N5O2S. The van der Waals surface area contributed by atoms with Crippen LogP contribution in [0.25, 0.3) is 11.1 Å². The molecule has 1 amide bonds. The summed E-state index contributed by atoms with van der Waals surface area (Å²) in [5, 5.41) is 26.5. The second-order valence-electron chi connectivity index (χ2n) is 8.65. The molecular weight excluding hydrogens is 422 g/mol. The molecule has 2 aromatic rings. The molecule has 3 heterocycles. The van der Waals surface area contributed by atoms with Gasteiger partial charge in [-0.05, 0) is 67.4 Å². The molecule has 0 spiro atoms. The quantitative estimate of drug-likeness (QED) is 0.626. The van der Waals surface area contributed by atoms with Gasteiger partial charge in [0.1, 0.15) is 0 Å². The van der Waals surface area contributed by atoms with Gasteiger partial charge in [-0.25, -0.2) is 0 Å². The number of guanidine groups is 1. The van der Waals surface area contributed by atoms with Crippen molar-refractivity contribution >= 4 is 23.2 Å². The maximum absolute atomic E-state index is 13.2. The Balaban J connectivity index is 1.57. The van der Waals surface area contributed by atoms with E-state index >= 15 is 0 Å². The van der Waals surface area contributed by atoms with Gasteiger partial charge in [0, 0.05) is 31.2 Å². The van der Waals surface area contributed by atoms with Crippen LogP contribution in [0.5, 0.6) is 0 Å². The third-order valence-electron chi connectivity index (χ3n) is 6.56. The lowest BCUT2D eigenvalue weighted by Crippen LogP contribution is -2.63. The second kappa shape index (κ2) is 9.41. The third kappa shape index (κ3) is 4.42. The number of carbonyl (C=O) groups is 1. The first kappa shape index (κ1) is 22.5. The summed E-state index contributed by atoms with van der Waals surface area (Å²) in [5.74, 6) is -0.218. The molecule has 7 nitrogen and oxygen atoms in total. The maximum atomic E-state index is 13.2. The van der Waals surface area contributed by atoms with Crippen LogP contribution in [0, 0.1) is 22.7 Å². The molecule has 2 aliphatic heterocycles. The molecule has 2 saturated heterocycles. The Hall–Kier alpha value is -2.73. The van der Waals surface area contributed by atoms with Gasteiger partial charge in [0.2, 0.25) is 5.91 Å². The third-order valence-corrected chi connectivity index (χ3v) is 7.73. The van der Waals surface area contributed by atoms with E-state index in [1.165, 1.54) is 4.90 Å². The molecule has 1 aromatic carbocycles. The van der Waals surface area contributed by atoms with E-state index in [0.29, 0.717) is 18.0 Å². The van der Waals surface area contributed by atoms with Crippen LogP contribution >= 0.6 is 11.3 Å². The van der Waals surface area contributed by atoms with Gasteiger partial charge < -0.3 is 15.4 Å². The molecule has 8 heteroatoms. The summed E-state index contributed by atoms with van der Waals surface area (Å²) in [5.41, 5.74) is 1.94. The highest BCUT2D eigenvalue weighted by molar-refractivity contribution is 7.10. The molecule has 1 aromatic heterocycles. The molecule has 168 valence electrons. The number of hydrogen-bond donors (Lipinski definition) is 3. The average molecular weight is 452 g/mol. The fourth-order valence-corrected chi connectivity index (χ4v) is 5.61. The van der Waals surface area contributed by atoms with E-state index in [4.69, 9.17) is 10.1 Å². The fourth-order valence-electron chi connectivity index (χ4n) is 4.52. The van der Waals surface area contributed by atoms with Gasteiger partial charge in [-0.3, -0.25) is 15.1 Å². The van der Waals surface area contributed by atoms with Crippen LogP contribution in [0.2, 0.25) is 0 Å². The number of amides is 1. The molecule has 0 saturated carbocycles. The van der Waals surface area contributed by atoms with E-state index in [2.05, 4.69) is 28.1 Å². The Bertz CT molecular complexity index is 1040. The molecule has 2 fully saturated rings. The SMILES string of the molecule is CN1C(=N)N[C@](C)(c2cc(-c3cccc(C#N)c3)cs2)C(CCNC2CCOCC2)C1=O. The predicted molar refractivity (Wildman–Crippen MR) is 125 cm³/mol. The van der Waals surface area contributed by atoms with E-state index in [0.717, 1.165) is 48.6 Å². The lowest BCUT2D eigenvalue weighted by Gasteiger charge is -2.45. The van der Waals surface area contributed by atoms with Gasteiger partial charge in [-0.2, -0.15) is 5.26 Å². The smallest absolute Gasteiger partial charge is 0.234 e. The first-order valence-electron chi connectivity index (χ1n) is 11.0. The standard InChI is InChI=1S/C24H29N5O2S/c1-24(21-13-18(15-32-21)17-5-3-4-16(12-17)14-25)20(22(30)29(2)23(26)28-24)6-9-27-19-7-10-31-11-8-19/h3-5,12-13,15,19-20,27H,6-11H2,1-2H3,(H2,26,28)/t20?,24-/m0/s1. The second-order valence-corrected chi connectivity index (χ2v) is 9.56. The Kier molecular flexibility index (Phi) is 6.60. The van der Waals surface area contributed by atoms with Crippen molar-refractivity contribution in [2.45, 2.75) is 37.8 Å². The summed E-state index contributed by atoms with van der Waals surface area (Å²) in [7, 11) is 1.66. The number of carbonyl (C=O) groups excluding carboxylic acids is 1. The predicted octanol–water partition coefficient (Wildman–Crippen LogP) is 3.27. The van der Waals surface area contributed by atoms with Crippen molar-refractivity contribution in [1.82, 2.24) is 15.5 Å². The van der Waals surface area contributed by atoms with Crippen molar-refractivity contribution < 1.29 is 9.53 Å². The van der Waals surface area contributed by atoms with Crippen LogP contribution in [0.3, 0.4) is 0 Å². The maximum Gasteiger partial charge on any atom is 0.234 e. The van der Waals surface area contributed by atoms with Crippen molar-refractivity contribution in [3.8, 4) is 17.2 Å². The molecule has 2 aliphatic rings. The molecule has 0 radical (unpaired) electrons. The van der Waals surface area contributed by atoms with Crippen LogP contribution in [0.1, 0.15) is 36.6 Å². The van der Waals surface area contributed by atoms with Crippen LogP contribution in [-0.4, -0.2) is 49.6 Å². The zero-order valence-electron chi connectivity index (χ0n) is 18.5. The van der Waals surface area contributed by atoms with E-state index < -0.39 is 5.54 Å². The van der Waals surface area contributed by atoms with Crippen LogP contribution < -0.4 is 10.6 Å². The summed E-state index contributed by atoms with van der Waals surface area (Å²) < 4.78 is 5.43. The highest BCUT2D eigenvalue weighted by atomic mass is 32.1. The van der Waals surface area contributed by atoms with Gasteiger partial charge >= 0.3 is 0 Å². The van der Waals surface area contributed by atoms with Gasteiger partial charge in [-0.15, -0.1) is 11.3 Å². The monoisotopic (exact) mass is 451 g/mol. The zero-order valence-corrected chi connectivity index (χ0v) is 19.3. The number of thiophene rings is 1.